The molecule has 0 spiro atoms. The molecule has 0 aromatic carbocycles. The van der Waals surface area contributed by atoms with Gasteiger partial charge in [0.05, 0.1) is 16.7 Å². The Morgan fingerprint density at radius 1 is 1.59 bits per heavy atom. The van der Waals surface area contributed by atoms with Crippen LogP contribution in [0.3, 0.4) is 0 Å². The maximum atomic E-state index is 10.9. The van der Waals surface area contributed by atoms with Gasteiger partial charge < -0.3 is 9.84 Å². The first kappa shape index (κ1) is 12.4. The highest BCUT2D eigenvalue weighted by molar-refractivity contribution is 7.99. The molecule has 1 aromatic rings. The van der Waals surface area contributed by atoms with Gasteiger partial charge in [-0.15, -0.1) is 11.8 Å². The van der Waals surface area contributed by atoms with Crippen LogP contribution in [0.4, 0.5) is 0 Å². The van der Waals surface area contributed by atoms with E-state index in [9.17, 15) is 4.79 Å². The summed E-state index contributed by atoms with van der Waals surface area (Å²) in [6.45, 7) is 4.63. The lowest BCUT2D eigenvalue weighted by Crippen LogP contribution is -2.13. The predicted molar refractivity (Wildman–Crippen MR) is 65.6 cm³/mol. The van der Waals surface area contributed by atoms with Crippen LogP contribution in [0.25, 0.3) is 0 Å². The summed E-state index contributed by atoms with van der Waals surface area (Å²) in [7, 11) is 0. The third kappa shape index (κ3) is 2.98. The van der Waals surface area contributed by atoms with Gasteiger partial charge in [0.2, 0.25) is 0 Å². The van der Waals surface area contributed by atoms with Crippen molar-refractivity contribution in [2.45, 2.75) is 36.6 Å². The standard InChI is InChI=1S/C12H15NO3S/c1-7-5-9(12(14)15)6-11(13-7)17-10-3-4-16-8(10)2/h5-6,8,10H,3-4H2,1-2H3,(H,14,15). The van der Waals surface area contributed by atoms with Crippen molar-refractivity contribution >= 4 is 17.7 Å². The summed E-state index contributed by atoms with van der Waals surface area (Å²) in [6.07, 6.45) is 1.19. The average Bonchev–Trinajstić information content (AvgIpc) is 2.63. The van der Waals surface area contributed by atoms with Crippen LogP contribution in [-0.2, 0) is 4.74 Å². The fourth-order valence-electron chi connectivity index (χ4n) is 1.84. The van der Waals surface area contributed by atoms with E-state index in [0.29, 0.717) is 10.8 Å². The summed E-state index contributed by atoms with van der Waals surface area (Å²) in [6, 6.07) is 3.21. The zero-order valence-corrected chi connectivity index (χ0v) is 10.7. The Morgan fingerprint density at radius 2 is 2.35 bits per heavy atom. The molecular weight excluding hydrogens is 238 g/mol. The fraction of sp³-hybridized carbons (Fsp3) is 0.500. The highest BCUT2D eigenvalue weighted by Crippen LogP contribution is 2.31. The predicted octanol–water partition coefficient (Wildman–Crippen LogP) is 2.36. The van der Waals surface area contributed by atoms with Crippen molar-refractivity contribution in [3.8, 4) is 0 Å². The fourth-order valence-corrected chi connectivity index (χ4v) is 3.03. The molecule has 2 heterocycles. The smallest absolute Gasteiger partial charge is 0.335 e. The van der Waals surface area contributed by atoms with E-state index in [2.05, 4.69) is 4.98 Å². The molecule has 1 fully saturated rings. The Labute approximate surface area is 104 Å². The number of hydrogen-bond donors (Lipinski definition) is 1. The van der Waals surface area contributed by atoms with Crippen LogP contribution in [0.5, 0.6) is 0 Å². The molecule has 1 saturated heterocycles. The molecule has 5 heteroatoms. The van der Waals surface area contributed by atoms with Gasteiger partial charge in [-0.3, -0.25) is 0 Å². The molecule has 1 aromatic heterocycles. The number of aromatic nitrogens is 1. The van der Waals surface area contributed by atoms with Gasteiger partial charge in [-0.25, -0.2) is 9.78 Å². The number of aromatic carboxylic acids is 1. The molecule has 1 aliphatic heterocycles. The van der Waals surface area contributed by atoms with E-state index in [1.165, 1.54) is 0 Å². The van der Waals surface area contributed by atoms with Gasteiger partial charge in [-0.1, -0.05) is 0 Å². The molecule has 92 valence electrons. The van der Waals surface area contributed by atoms with Crippen molar-refractivity contribution in [2.24, 2.45) is 0 Å². The molecule has 0 radical (unpaired) electrons. The van der Waals surface area contributed by atoms with Crippen LogP contribution in [0, 0.1) is 6.92 Å². The molecular formula is C12H15NO3S. The summed E-state index contributed by atoms with van der Waals surface area (Å²) in [5.74, 6) is -0.909. The van der Waals surface area contributed by atoms with Gasteiger partial charge >= 0.3 is 5.97 Å². The molecule has 1 N–H and O–H groups in total. The van der Waals surface area contributed by atoms with Crippen LogP contribution < -0.4 is 0 Å². The Morgan fingerprint density at radius 3 is 2.94 bits per heavy atom. The lowest BCUT2D eigenvalue weighted by atomic mass is 10.2. The van der Waals surface area contributed by atoms with E-state index in [4.69, 9.17) is 9.84 Å². The van der Waals surface area contributed by atoms with Crippen LogP contribution in [0.2, 0.25) is 0 Å². The minimum Gasteiger partial charge on any atom is -0.478 e. The average molecular weight is 253 g/mol. The molecule has 2 unspecified atom stereocenters. The van der Waals surface area contributed by atoms with E-state index in [0.717, 1.165) is 23.7 Å². The summed E-state index contributed by atoms with van der Waals surface area (Å²) in [4.78, 5) is 15.3. The van der Waals surface area contributed by atoms with Crippen molar-refractivity contribution in [2.75, 3.05) is 6.61 Å². The van der Waals surface area contributed by atoms with Crippen molar-refractivity contribution < 1.29 is 14.6 Å². The topological polar surface area (TPSA) is 59.4 Å². The number of carboxylic acids is 1. The van der Waals surface area contributed by atoms with Gasteiger partial charge in [-0.2, -0.15) is 0 Å². The van der Waals surface area contributed by atoms with E-state index in [1.54, 1.807) is 23.9 Å². The molecule has 0 aliphatic carbocycles. The Bertz CT molecular complexity index is 436. The molecule has 17 heavy (non-hydrogen) atoms. The van der Waals surface area contributed by atoms with E-state index >= 15 is 0 Å². The summed E-state index contributed by atoms with van der Waals surface area (Å²) >= 11 is 1.61. The number of carboxylic acid groups (broad SMARTS) is 1. The Balaban J connectivity index is 2.17. The zero-order valence-electron chi connectivity index (χ0n) is 9.84. The molecule has 2 rings (SSSR count). The van der Waals surface area contributed by atoms with Crippen molar-refractivity contribution in [1.82, 2.24) is 4.98 Å². The van der Waals surface area contributed by atoms with Gasteiger partial charge in [-0.05, 0) is 32.4 Å². The first-order valence-electron chi connectivity index (χ1n) is 5.56. The molecule has 2 atom stereocenters. The van der Waals surface area contributed by atoms with Gasteiger partial charge in [0, 0.05) is 17.6 Å². The van der Waals surface area contributed by atoms with Gasteiger partial charge in [0.25, 0.3) is 0 Å². The van der Waals surface area contributed by atoms with Crippen molar-refractivity contribution in [3.05, 3.63) is 23.4 Å². The zero-order chi connectivity index (χ0) is 12.4. The number of ether oxygens (including phenoxy) is 1. The van der Waals surface area contributed by atoms with E-state index < -0.39 is 5.97 Å². The first-order chi connectivity index (χ1) is 8.06. The van der Waals surface area contributed by atoms with E-state index in [-0.39, 0.29) is 6.10 Å². The summed E-state index contributed by atoms with van der Waals surface area (Å²) in [5.41, 5.74) is 1.03. The quantitative estimate of drug-likeness (QED) is 0.896. The normalized spacial score (nSPS) is 23.9. The minimum atomic E-state index is -0.909. The minimum absolute atomic E-state index is 0.204. The first-order valence-corrected chi connectivity index (χ1v) is 6.44. The molecule has 4 nitrogen and oxygen atoms in total. The second kappa shape index (κ2) is 5.06. The molecule has 0 bridgehead atoms. The largest absolute Gasteiger partial charge is 0.478 e. The lowest BCUT2D eigenvalue weighted by molar-refractivity contribution is 0.0696. The highest BCUT2D eigenvalue weighted by Gasteiger charge is 2.25. The number of nitrogens with zero attached hydrogens (tertiary/aromatic N) is 1. The molecule has 0 saturated carbocycles. The second-order valence-electron chi connectivity index (χ2n) is 4.16. The maximum absolute atomic E-state index is 10.9. The van der Waals surface area contributed by atoms with Crippen LogP contribution >= 0.6 is 11.8 Å². The van der Waals surface area contributed by atoms with Crippen LogP contribution in [0.1, 0.15) is 29.4 Å². The van der Waals surface area contributed by atoms with Crippen molar-refractivity contribution in [1.29, 1.82) is 0 Å². The van der Waals surface area contributed by atoms with E-state index in [1.807, 2.05) is 13.8 Å². The number of rotatable bonds is 3. The monoisotopic (exact) mass is 253 g/mol. The Hall–Kier alpha value is -1.07. The lowest BCUT2D eigenvalue weighted by Gasteiger charge is -2.13. The highest BCUT2D eigenvalue weighted by atomic mass is 32.2. The van der Waals surface area contributed by atoms with Gasteiger partial charge in [0.1, 0.15) is 0 Å². The third-order valence-electron chi connectivity index (χ3n) is 2.76. The maximum Gasteiger partial charge on any atom is 0.335 e. The number of thioether (sulfide) groups is 1. The number of pyridine rings is 1. The number of aryl methyl sites for hydroxylation is 1. The molecule has 1 aliphatic rings. The van der Waals surface area contributed by atoms with Gasteiger partial charge in [0.15, 0.2) is 0 Å². The number of carbonyl (C=O) groups is 1. The number of hydrogen-bond acceptors (Lipinski definition) is 4. The van der Waals surface area contributed by atoms with Crippen LogP contribution in [0.15, 0.2) is 17.2 Å². The Kier molecular flexibility index (Phi) is 3.69. The van der Waals surface area contributed by atoms with Crippen LogP contribution in [-0.4, -0.2) is 34.0 Å². The SMILES string of the molecule is Cc1cc(C(=O)O)cc(SC2CCOC2C)n1. The summed E-state index contributed by atoms with van der Waals surface area (Å²) < 4.78 is 5.48. The second-order valence-corrected chi connectivity index (χ2v) is 5.42. The third-order valence-corrected chi connectivity index (χ3v) is 4.13. The van der Waals surface area contributed by atoms with Crippen molar-refractivity contribution in [3.63, 3.8) is 0 Å². The molecule has 0 amide bonds. The summed E-state index contributed by atoms with van der Waals surface area (Å²) in [5, 5.41) is 10.1.